The van der Waals surface area contributed by atoms with Gasteiger partial charge >= 0.3 is 12.1 Å². The maximum Gasteiger partial charge on any atom is 0.411 e. The van der Waals surface area contributed by atoms with Crippen molar-refractivity contribution in [2.24, 2.45) is 7.05 Å². The molecule has 3 aromatic rings. The number of halogens is 5. The Hall–Kier alpha value is -4.37. The third-order valence-electron chi connectivity index (χ3n) is 7.61. The average Bonchev–Trinajstić information content (AvgIpc) is 3.52. The lowest BCUT2D eigenvalue weighted by molar-refractivity contribution is -0.167. The van der Waals surface area contributed by atoms with E-state index in [0.717, 1.165) is 27.5 Å². The number of fused-ring (bicyclic) bond motifs is 1. The number of aryl methyl sites for hydroxylation is 3. The normalized spacial score (nSPS) is 15.6. The van der Waals surface area contributed by atoms with E-state index in [1.807, 2.05) is 33.8 Å². The van der Waals surface area contributed by atoms with Gasteiger partial charge in [0, 0.05) is 19.3 Å². The second kappa shape index (κ2) is 15.5. The zero-order valence-corrected chi connectivity index (χ0v) is 26.8. The third-order valence-corrected chi connectivity index (χ3v) is 7.61. The van der Waals surface area contributed by atoms with Gasteiger partial charge in [-0.3, -0.25) is 19.0 Å². The molecule has 0 bridgehead atoms. The fourth-order valence-electron chi connectivity index (χ4n) is 5.19. The van der Waals surface area contributed by atoms with Gasteiger partial charge in [0.1, 0.15) is 35.6 Å². The Kier molecular flexibility index (Phi) is 12.2. The molecule has 2 aliphatic rings. The highest BCUT2D eigenvalue weighted by atomic mass is 19.4. The number of carboxylic acids is 1. The number of aromatic nitrogens is 2. The van der Waals surface area contributed by atoms with Crippen LogP contribution in [0.15, 0.2) is 29.1 Å². The Morgan fingerprint density at radius 1 is 1.04 bits per heavy atom. The van der Waals surface area contributed by atoms with Gasteiger partial charge in [0.25, 0.3) is 11.5 Å². The largest absolute Gasteiger partial charge is 0.480 e. The summed E-state index contributed by atoms with van der Waals surface area (Å²) in [4.78, 5) is 39.8. The number of rotatable bonds is 5. The van der Waals surface area contributed by atoms with Gasteiger partial charge in [-0.2, -0.15) is 13.2 Å². The number of ether oxygens (including phenoxy) is 2. The van der Waals surface area contributed by atoms with Gasteiger partial charge < -0.3 is 24.8 Å². The van der Waals surface area contributed by atoms with E-state index in [1.165, 1.54) is 11.1 Å². The number of hydrogen-bond acceptors (Lipinski definition) is 7. The number of benzene rings is 2. The number of nitrogens with one attached hydrogen (secondary N) is 1. The smallest absolute Gasteiger partial charge is 0.411 e. The van der Waals surface area contributed by atoms with Crippen molar-refractivity contribution in [1.29, 1.82) is 0 Å². The van der Waals surface area contributed by atoms with Crippen LogP contribution in [0, 0.1) is 32.4 Å². The van der Waals surface area contributed by atoms with E-state index in [2.05, 4.69) is 18.0 Å². The zero-order chi connectivity index (χ0) is 35.2. The van der Waals surface area contributed by atoms with Crippen LogP contribution >= 0.6 is 0 Å². The lowest BCUT2D eigenvalue weighted by Crippen LogP contribution is -2.53. The maximum atomic E-state index is 14.1. The fraction of sp³-hybridized carbons (Fsp3) is 0.438. The summed E-state index contributed by atoms with van der Waals surface area (Å²) in [6, 6.07) is 3.20. The van der Waals surface area contributed by atoms with Crippen molar-refractivity contribution in [1.82, 2.24) is 14.9 Å². The van der Waals surface area contributed by atoms with Crippen molar-refractivity contribution in [3.63, 3.8) is 0 Å². The molecule has 0 radical (unpaired) electrons. The number of anilines is 1. The molecule has 5 rings (SSSR count). The number of aliphatic carboxylic acids is 1. The van der Waals surface area contributed by atoms with Crippen LogP contribution in [-0.4, -0.2) is 65.1 Å². The lowest BCUT2D eigenvalue weighted by Gasteiger charge is -2.38. The van der Waals surface area contributed by atoms with Gasteiger partial charge in [-0.25, -0.2) is 13.8 Å². The summed E-state index contributed by atoms with van der Waals surface area (Å²) in [5, 5.41) is 10.2. The van der Waals surface area contributed by atoms with E-state index in [1.54, 1.807) is 16.9 Å². The van der Waals surface area contributed by atoms with Crippen LogP contribution in [0.4, 0.5) is 27.6 Å². The molecule has 1 aromatic heterocycles. The van der Waals surface area contributed by atoms with Gasteiger partial charge in [-0.1, -0.05) is 26.0 Å². The highest BCUT2D eigenvalue weighted by Gasteiger charge is 2.45. The first-order chi connectivity index (χ1) is 22.1. The SMILES string of the molecule is CC.Cc1ccc(-c2c(C)nc(C)n(C)c2=O)c2c1COC2.O=C(O)CNC(=O)c1c(F)cc(N2CCOCC2C(F)(F)F)cc1F. The molecular weight excluding hydrogens is 631 g/mol. The monoisotopic (exact) mass is 668 g/mol. The number of amides is 1. The summed E-state index contributed by atoms with van der Waals surface area (Å²) < 4.78 is 79.2. The van der Waals surface area contributed by atoms with Gasteiger partial charge in [0.2, 0.25) is 0 Å². The lowest BCUT2D eigenvalue weighted by atomic mass is 9.94. The molecule has 10 nitrogen and oxygen atoms in total. The molecule has 3 heterocycles. The van der Waals surface area contributed by atoms with E-state index < -0.39 is 60.1 Å². The number of nitrogens with zero attached hydrogens (tertiary/aromatic N) is 3. The maximum absolute atomic E-state index is 14.1. The quantitative estimate of drug-likeness (QED) is 0.366. The van der Waals surface area contributed by atoms with Gasteiger partial charge in [-0.05, 0) is 55.2 Å². The molecule has 256 valence electrons. The first-order valence-corrected chi connectivity index (χ1v) is 14.8. The summed E-state index contributed by atoms with van der Waals surface area (Å²) in [5.41, 5.74) is 4.55. The highest BCUT2D eigenvalue weighted by molar-refractivity contribution is 5.96. The number of morpholine rings is 1. The molecule has 1 unspecified atom stereocenters. The molecule has 47 heavy (non-hydrogen) atoms. The highest BCUT2D eigenvalue weighted by Crippen LogP contribution is 2.34. The Morgan fingerprint density at radius 2 is 1.66 bits per heavy atom. The first kappa shape index (κ1) is 37.1. The molecule has 2 aliphatic heterocycles. The molecule has 1 fully saturated rings. The van der Waals surface area contributed by atoms with Crippen molar-refractivity contribution >= 4 is 17.6 Å². The summed E-state index contributed by atoms with van der Waals surface area (Å²) >= 11 is 0. The Balaban J connectivity index is 0.000000247. The summed E-state index contributed by atoms with van der Waals surface area (Å²) in [5.74, 6) is -4.81. The van der Waals surface area contributed by atoms with Crippen molar-refractivity contribution < 1.29 is 46.1 Å². The van der Waals surface area contributed by atoms with E-state index in [9.17, 15) is 36.3 Å². The second-order valence-corrected chi connectivity index (χ2v) is 10.6. The molecule has 0 saturated carbocycles. The average molecular weight is 669 g/mol. The van der Waals surface area contributed by atoms with Gasteiger partial charge in [-0.15, -0.1) is 0 Å². The standard InChI is InChI=1S/C16H18N2O2.C14H13F5N2O4.C2H6/c1-9-5-6-12(14-8-20-7-13(9)14)15-10(2)17-11(3)18(4)16(15)19;15-8-3-7(21-1-2-25-6-10(21)14(17,18)19)4-9(16)12(8)13(24)20-5-11(22)23;1-2/h5-6H,7-8H2,1-4H3;3-4,10H,1-2,5-6H2,(H,20,24)(H,22,23);1-2H3. The van der Waals surface area contributed by atoms with E-state index >= 15 is 0 Å². The second-order valence-electron chi connectivity index (χ2n) is 10.6. The molecule has 15 heteroatoms. The van der Waals surface area contributed by atoms with Crippen LogP contribution in [0.3, 0.4) is 0 Å². The number of alkyl halides is 3. The van der Waals surface area contributed by atoms with Crippen LogP contribution in [0.25, 0.3) is 11.1 Å². The van der Waals surface area contributed by atoms with Crippen LogP contribution in [-0.2, 0) is 34.5 Å². The first-order valence-electron chi connectivity index (χ1n) is 14.8. The van der Waals surface area contributed by atoms with Crippen molar-refractivity contribution in [3.05, 3.63) is 80.0 Å². The predicted molar refractivity (Wildman–Crippen MR) is 163 cm³/mol. The number of hydrogen-bond donors (Lipinski definition) is 2. The molecule has 1 atom stereocenters. The number of carbonyl (C=O) groups is 2. The molecule has 1 amide bonds. The van der Waals surface area contributed by atoms with Crippen LogP contribution in [0.2, 0.25) is 0 Å². The molecular formula is C32H37F5N4O6. The van der Waals surface area contributed by atoms with E-state index in [-0.39, 0.29) is 18.7 Å². The number of carbonyl (C=O) groups excluding carboxylic acids is 1. The zero-order valence-electron chi connectivity index (χ0n) is 26.8. The predicted octanol–water partition coefficient (Wildman–Crippen LogP) is 4.98. The molecule has 0 aliphatic carbocycles. The number of carboxylic acid groups (broad SMARTS) is 1. The minimum absolute atomic E-state index is 0.00736. The molecule has 0 spiro atoms. The third kappa shape index (κ3) is 8.32. The van der Waals surface area contributed by atoms with Crippen LogP contribution < -0.4 is 15.8 Å². The topological polar surface area (TPSA) is 123 Å². The van der Waals surface area contributed by atoms with E-state index in [0.29, 0.717) is 30.9 Å². The van der Waals surface area contributed by atoms with Gasteiger partial charge in [0.15, 0.2) is 0 Å². The van der Waals surface area contributed by atoms with Crippen molar-refractivity contribution in [2.45, 2.75) is 60.1 Å². The summed E-state index contributed by atoms with van der Waals surface area (Å²) in [6.45, 7) is 9.18. The van der Waals surface area contributed by atoms with E-state index in [4.69, 9.17) is 14.6 Å². The minimum Gasteiger partial charge on any atom is -0.480 e. The minimum atomic E-state index is -4.68. The Morgan fingerprint density at radius 3 is 2.26 bits per heavy atom. The Bertz CT molecular complexity index is 1670. The Labute approximate surface area is 268 Å². The van der Waals surface area contributed by atoms with Crippen LogP contribution in [0.5, 0.6) is 0 Å². The fourth-order valence-corrected chi connectivity index (χ4v) is 5.19. The summed E-state index contributed by atoms with van der Waals surface area (Å²) in [7, 11) is 1.76. The molecule has 2 aromatic carbocycles. The van der Waals surface area contributed by atoms with Crippen molar-refractivity contribution in [3.8, 4) is 11.1 Å². The van der Waals surface area contributed by atoms with Crippen molar-refractivity contribution in [2.75, 3.05) is 31.2 Å². The molecule has 1 saturated heterocycles. The molecule has 2 N–H and O–H groups in total. The van der Waals surface area contributed by atoms with Crippen LogP contribution in [0.1, 0.15) is 52.4 Å². The summed E-state index contributed by atoms with van der Waals surface area (Å²) in [6.07, 6.45) is -4.68. The van der Waals surface area contributed by atoms with Gasteiger partial charge in [0.05, 0.1) is 37.7 Å².